The molecule has 0 saturated heterocycles. The molecule has 4 nitrogen and oxygen atoms in total. The molecular formula is C15H18N2O2S. The van der Waals surface area contributed by atoms with Crippen molar-refractivity contribution in [1.82, 2.24) is 4.98 Å². The van der Waals surface area contributed by atoms with Gasteiger partial charge in [0.25, 0.3) is 0 Å². The summed E-state index contributed by atoms with van der Waals surface area (Å²) in [6.07, 6.45) is -0.461. The quantitative estimate of drug-likeness (QED) is 0.923. The molecule has 2 aromatic rings. The standard InChI is InChI=1S/C15H18N2O2S/c1-10-14(11(2)18)20-15(16-10)17-7-8-19-13-6-4-3-5-12(13)9-17/h3-6,11,18H,7-9H2,1-2H3. The average molecular weight is 290 g/mol. The molecule has 0 aliphatic carbocycles. The Balaban J connectivity index is 1.89. The van der Waals surface area contributed by atoms with Crippen molar-refractivity contribution in [3.8, 4) is 5.75 Å². The van der Waals surface area contributed by atoms with Crippen LogP contribution < -0.4 is 9.64 Å². The number of hydrogen-bond donors (Lipinski definition) is 1. The number of aliphatic hydroxyl groups is 1. The van der Waals surface area contributed by atoms with Crippen LogP contribution in [0.4, 0.5) is 5.13 Å². The van der Waals surface area contributed by atoms with Gasteiger partial charge in [-0.05, 0) is 19.9 Å². The Hall–Kier alpha value is -1.59. The molecule has 1 aliphatic rings. The molecule has 5 heteroatoms. The van der Waals surface area contributed by atoms with Gasteiger partial charge < -0.3 is 14.7 Å². The number of thiazole rings is 1. The lowest BCUT2D eigenvalue weighted by Gasteiger charge is -2.18. The second-order valence-corrected chi connectivity index (χ2v) is 6.01. The summed E-state index contributed by atoms with van der Waals surface area (Å²) in [5.74, 6) is 0.957. The number of aromatic nitrogens is 1. The Bertz CT molecular complexity index is 610. The number of rotatable bonds is 2. The van der Waals surface area contributed by atoms with Gasteiger partial charge in [-0.3, -0.25) is 0 Å². The predicted molar refractivity (Wildman–Crippen MR) is 80.5 cm³/mol. The van der Waals surface area contributed by atoms with Gasteiger partial charge in [0.05, 0.1) is 23.2 Å². The van der Waals surface area contributed by atoms with Gasteiger partial charge in [0.15, 0.2) is 5.13 Å². The highest BCUT2D eigenvalue weighted by molar-refractivity contribution is 7.15. The van der Waals surface area contributed by atoms with Crippen molar-refractivity contribution < 1.29 is 9.84 Å². The zero-order valence-electron chi connectivity index (χ0n) is 11.7. The maximum atomic E-state index is 9.76. The molecule has 1 unspecified atom stereocenters. The molecule has 2 heterocycles. The largest absolute Gasteiger partial charge is 0.491 e. The number of ether oxygens (including phenoxy) is 1. The fourth-order valence-electron chi connectivity index (χ4n) is 2.41. The molecule has 20 heavy (non-hydrogen) atoms. The van der Waals surface area contributed by atoms with Crippen molar-refractivity contribution in [3.05, 3.63) is 40.4 Å². The molecule has 1 aliphatic heterocycles. The lowest BCUT2D eigenvalue weighted by molar-refractivity contribution is 0.202. The van der Waals surface area contributed by atoms with Crippen molar-refractivity contribution in [2.45, 2.75) is 26.5 Å². The van der Waals surface area contributed by atoms with Crippen molar-refractivity contribution >= 4 is 16.5 Å². The fraction of sp³-hybridized carbons (Fsp3) is 0.400. The predicted octanol–water partition coefficient (Wildman–Crippen LogP) is 2.90. The van der Waals surface area contributed by atoms with Gasteiger partial charge in [0, 0.05) is 12.1 Å². The maximum Gasteiger partial charge on any atom is 0.186 e. The van der Waals surface area contributed by atoms with E-state index in [4.69, 9.17) is 4.74 Å². The first-order chi connectivity index (χ1) is 9.65. The van der Waals surface area contributed by atoms with E-state index in [9.17, 15) is 5.11 Å². The van der Waals surface area contributed by atoms with Crippen LogP contribution in [0.3, 0.4) is 0 Å². The molecule has 0 amide bonds. The fourth-order valence-corrected chi connectivity index (χ4v) is 3.43. The SMILES string of the molecule is Cc1nc(N2CCOc3ccccc3C2)sc1C(C)O. The third-order valence-electron chi connectivity index (χ3n) is 3.42. The van der Waals surface area contributed by atoms with Gasteiger partial charge in [-0.25, -0.2) is 4.98 Å². The smallest absolute Gasteiger partial charge is 0.186 e. The highest BCUT2D eigenvalue weighted by Gasteiger charge is 2.20. The van der Waals surface area contributed by atoms with Gasteiger partial charge in [-0.15, -0.1) is 0 Å². The first-order valence-electron chi connectivity index (χ1n) is 6.76. The highest BCUT2D eigenvalue weighted by Crippen LogP contribution is 2.33. The second-order valence-electron chi connectivity index (χ2n) is 5.00. The Morgan fingerprint density at radius 2 is 2.20 bits per heavy atom. The summed E-state index contributed by atoms with van der Waals surface area (Å²) >= 11 is 1.57. The first kappa shape index (κ1) is 13.4. The summed E-state index contributed by atoms with van der Waals surface area (Å²) < 4.78 is 5.77. The van der Waals surface area contributed by atoms with Crippen LogP contribution in [-0.2, 0) is 6.54 Å². The molecule has 0 saturated carbocycles. The Labute approximate surface area is 122 Å². The number of aryl methyl sites for hydroxylation is 1. The Morgan fingerprint density at radius 1 is 1.40 bits per heavy atom. The summed E-state index contributed by atoms with van der Waals surface area (Å²) in [4.78, 5) is 7.76. The zero-order chi connectivity index (χ0) is 14.1. The number of hydrogen-bond acceptors (Lipinski definition) is 5. The third kappa shape index (κ3) is 2.51. The highest BCUT2D eigenvalue weighted by atomic mass is 32.1. The van der Waals surface area contributed by atoms with E-state index in [1.165, 1.54) is 5.56 Å². The Morgan fingerprint density at radius 3 is 2.95 bits per heavy atom. The van der Waals surface area contributed by atoms with Crippen molar-refractivity contribution in [1.29, 1.82) is 0 Å². The molecule has 1 aromatic carbocycles. The van der Waals surface area contributed by atoms with E-state index < -0.39 is 6.10 Å². The number of benzene rings is 1. The van der Waals surface area contributed by atoms with E-state index in [1.807, 2.05) is 25.1 Å². The maximum absolute atomic E-state index is 9.76. The van der Waals surface area contributed by atoms with Crippen LogP contribution in [0.5, 0.6) is 5.75 Å². The number of anilines is 1. The van der Waals surface area contributed by atoms with E-state index in [2.05, 4.69) is 16.0 Å². The second kappa shape index (κ2) is 5.42. The van der Waals surface area contributed by atoms with Crippen LogP contribution in [0.15, 0.2) is 24.3 Å². The molecule has 3 rings (SSSR count). The van der Waals surface area contributed by atoms with E-state index in [0.717, 1.165) is 34.5 Å². The topological polar surface area (TPSA) is 45.6 Å². The molecular weight excluding hydrogens is 272 g/mol. The average Bonchev–Trinajstić information content (AvgIpc) is 2.69. The molecule has 0 fully saturated rings. The summed E-state index contributed by atoms with van der Waals surface area (Å²) in [5, 5.41) is 10.7. The van der Waals surface area contributed by atoms with E-state index in [1.54, 1.807) is 18.3 Å². The van der Waals surface area contributed by atoms with Crippen LogP contribution in [0.25, 0.3) is 0 Å². The minimum Gasteiger partial charge on any atom is -0.491 e. The van der Waals surface area contributed by atoms with Crippen molar-refractivity contribution in [2.24, 2.45) is 0 Å². The molecule has 1 atom stereocenters. The summed E-state index contributed by atoms with van der Waals surface area (Å²) in [6, 6.07) is 8.12. The van der Waals surface area contributed by atoms with Crippen molar-refractivity contribution in [3.63, 3.8) is 0 Å². The molecule has 106 valence electrons. The lowest BCUT2D eigenvalue weighted by atomic mass is 10.2. The summed E-state index contributed by atoms with van der Waals surface area (Å²) in [5.41, 5.74) is 2.09. The summed E-state index contributed by atoms with van der Waals surface area (Å²) in [6.45, 7) is 5.98. The monoisotopic (exact) mass is 290 g/mol. The zero-order valence-corrected chi connectivity index (χ0v) is 12.5. The molecule has 0 spiro atoms. The van der Waals surface area contributed by atoms with Gasteiger partial charge in [-0.1, -0.05) is 29.5 Å². The van der Waals surface area contributed by atoms with E-state index >= 15 is 0 Å². The molecule has 0 radical (unpaired) electrons. The van der Waals surface area contributed by atoms with Crippen LogP contribution in [0.2, 0.25) is 0 Å². The van der Waals surface area contributed by atoms with Crippen LogP contribution in [0, 0.1) is 6.92 Å². The summed E-state index contributed by atoms with van der Waals surface area (Å²) in [7, 11) is 0. The molecule has 0 bridgehead atoms. The Kier molecular flexibility index (Phi) is 3.63. The van der Waals surface area contributed by atoms with Gasteiger partial charge in [0.1, 0.15) is 12.4 Å². The lowest BCUT2D eigenvalue weighted by Crippen LogP contribution is -2.25. The number of aliphatic hydroxyl groups excluding tert-OH is 1. The first-order valence-corrected chi connectivity index (χ1v) is 7.58. The van der Waals surface area contributed by atoms with E-state index in [-0.39, 0.29) is 0 Å². The minimum atomic E-state index is -0.461. The molecule has 1 N–H and O–H groups in total. The minimum absolute atomic E-state index is 0.461. The number of para-hydroxylation sites is 1. The molecule has 1 aromatic heterocycles. The van der Waals surface area contributed by atoms with Crippen LogP contribution in [0.1, 0.15) is 29.2 Å². The third-order valence-corrected chi connectivity index (χ3v) is 4.81. The van der Waals surface area contributed by atoms with Crippen LogP contribution in [-0.4, -0.2) is 23.2 Å². The van der Waals surface area contributed by atoms with Gasteiger partial charge >= 0.3 is 0 Å². The van der Waals surface area contributed by atoms with Crippen molar-refractivity contribution in [2.75, 3.05) is 18.1 Å². The van der Waals surface area contributed by atoms with Crippen LogP contribution >= 0.6 is 11.3 Å². The van der Waals surface area contributed by atoms with Gasteiger partial charge in [0.2, 0.25) is 0 Å². The number of fused-ring (bicyclic) bond motifs is 1. The van der Waals surface area contributed by atoms with E-state index in [0.29, 0.717) is 6.61 Å². The number of nitrogens with zero attached hydrogens (tertiary/aromatic N) is 2. The normalized spacial score (nSPS) is 16.2. The van der Waals surface area contributed by atoms with Gasteiger partial charge in [-0.2, -0.15) is 0 Å².